The molecular weight excluding hydrogens is 308 g/mol. The van der Waals surface area contributed by atoms with Crippen LogP contribution in [0.15, 0.2) is 18.2 Å². The Morgan fingerprint density at radius 3 is 2.73 bits per heavy atom. The summed E-state index contributed by atoms with van der Waals surface area (Å²) in [7, 11) is -3.51. The number of benzene rings is 1. The first-order chi connectivity index (χ1) is 10.4. The maximum absolute atomic E-state index is 12.5. The molecular formula is C14H18N2O5S. The normalized spacial score (nSPS) is 21.0. The molecule has 1 atom stereocenters. The summed E-state index contributed by atoms with van der Waals surface area (Å²) in [4.78, 5) is 14.1. The average Bonchev–Trinajstić information content (AvgIpc) is 2.92. The van der Waals surface area contributed by atoms with E-state index in [1.165, 1.54) is 0 Å². The third-order valence-electron chi connectivity index (χ3n) is 3.83. The van der Waals surface area contributed by atoms with E-state index in [2.05, 4.69) is 0 Å². The minimum Gasteiger partial charge on any atom is -0.486 e. The van der Waals surface area contributed by atoms with E-state index in [4.69, 9.17) is 14.6 Å². The van der Waals surface area contributed by atoms with Crippen molar-refractivity contribution >= 4 is 15.9 Å². The highest BCUT2D eigenvalue weighted by Gasteiger charge is 2.29. The fourth-order valence-corrected chi connectivity index (χ4v) is 3.77. The second-order valence-corrected chi connectivity index (χ2v) is 7.25. The van der Waals surface area contributed by atoms with Gasteiger partial charge in [0.1, 0.15) is 13.2 Å². The van der Waals surface area contributed by atoms with Gasteiger partial charge in [0.25, 0.3) is 5.91 Å². The number of likely N-dealkylation sites (tertiary alicyclic amines) is 1. The summed E-state index contributed by atoms with van der Waals surface area (Å²) in [5, 5.41) is 5.06. The minimum atomic E-state index is -3.51. The van der Waals surface area contributed by atoms with Gasteiger partial charge in [-0.05, 0) is 30.5 Å². The van der Waals surface area contributed by atoms with E-state index in [1.807, 2.05) is 0 Å². The minimum absolute atomic E-state index is 0.0854. The molecule has 2 heterocycles. The highest BCUT2D eigenvalue weighted by Crippen LogP contribution is 2.31. The summed E-state index contributed by atoms with van der Waals surface area (Å²) < 4.78 is 33.2. The van der Waals surface area contributed by atoms with Crippen LogP contribution in [-0.2, 0) is 10.0 Å². The predicted octanol–water partition coefficient (Wildman–Crippen LogP) is 0.208. The van der Waals surface area contributed by atoms with Crippen LogP contribution in [-0.4, -0.2) is 51.3 Å². The molecule has 2 aliphatic heterocycles. The number of fused-ring (bicyclic) bond motifs is 1. The fourth-order valence-electron chi connectivity index (χ4n) is 2.84. The topological polar surface area (TPSA) is 98.9 Å². The van der Waals surface area contributed by atoms with Gasteiger partial charge in [-0.3, -0.25) is 4.79 Å². The third-order valence-corrected chi connectivity index (χ3v) is 4.77. The summed E-state index contributed by atoms with van der Waals surface area (Å²) in [6.45, 7) is 1.91. The summed E-state index contributed by atoms with van der Waals surface area (Å²) in [6.07, 6.45) is 0.646. The largest absolute Gasteiger partial charge is 0.486 e. The smallest absolute Gasteiger partial charge is 0.254 e. The Morgan fingerprint density at radius 2 is 2.00 bits per heavy atom. The fraction of sp³-hybridized carbons (Fsp3) is 0.500. The molecule has 0 spiro atoms. The summed E-state index contributed by atoms with van der Waals surface area (Å²) >= 11 is 0. The Hall–Kier alpha value is -1.80. The van der Waals surface area contributed by atoms with Crippen LogP contribution in [0.3, 0.4) is 0 Å². The second-order valence-electron chi connectivity index (χ2n) is 5.59. The van der Waals surface area contributed by atoms with Crippen LogP contribution >= 0.6 is 0 Å². The lowest BCUT2D eigenvalue weighted by Gasteiger charge is -2.20. The highest BCUT2D eigenvalue weighted by atomic mass is 32.2. The summed E-state index contributed by atoms with van der Waals surface area (Å²) in [5.41, 5.74) is 0.514. The molecule has 3 rings (SSSR count). The van der Waals surface area contributed by atoms with Crippen molar-refractivity contribution in [2.24, 2.45) is 11.1 Å². The summed E-state index contributed by atoms with van der Waals surface area (Å²) in [6, 6.07) is 5.09. The Bertz CT molecular complexity index is 688. The highest BCUT2D eigenvalue weighted by molar-refractivity contribution is 7.89. The number of nitrogens with zero attached hydrogens (tertiary/aromatic N) is 1. The molecule has 1 aromatic carbocycles. The number of rotatable bonds is 3. The maximum Gasteiger partial charge on any atom is 0.254 e. The molecule has 0 aromatic heterocycles. The van der Waals surface area contributed by atoms with Crippen LogP contribution in [0.5, 0.6) is 11.5 Å². The zero-order valence-corrected chi connectivity index (χ0v) is 12.8. The summed E-state index contributed by atoms with van der Waals surface area (Å²) in [5.74, 6) is 0.886. The number of carbonyl (C=O) groups excluding carboxylic acids is 1. The van der Waals surface area contributed by atoms with E-state index in [1.54, 1.807) is 23.1 Å². The van der Waals surface area contributed by atoms with Gasteiger partial charge in [-0.1, -0.05) is 0 Å². The van der Waals surface area contributed by atoms with Crippen molar-refractivity contribution < 1.29 is 22.7 Å². The number of amides is 1. The van der Waals surface area contributed by atoms with Crippen molar-refractivity contribution in [3.8, 4) is 11.5 Å². The van der Waals surface area contributed by atoms with E-state index in [9.17, 15) is 13.2 Å². The molecule has 1 saturated heterocycles. The molecule has 1 amide bonds. The van der Waals surface area contributed by atoms with Crippen LogP contribution in [0, 0.1) is 5.92 Å². The average molecular weight is 326 g/mol. The van der Waals surface area contributed by atoms with Crippen molar-refractivity contribution in [1.82, 2.24) is 4.90 Å². The molecule has 7 nitrogen and oxygen atoms in total. The Morgan fingerprint density at radius 1 is 1.27 bits per heavy atom. The van der Waals surface area contributed by atoms with Gasteiger partial charge in [0, 0.05) is 18.7 Å². The van der Waals surface area contributed by atoms with E-state index >= 15 is 0 Å². The van der Waals surface area contributed by atoms with Crippen LogP contribution < -0.4 is 14.6 Å². The van der Waals surface area contributed by atoms with Gasteiger partial charge in [-0.25, -0.2) is 13.6 Å². The molecule has 8 heteroatoms. The lowest BCUT2D eigenvalue weighted by atomic mass is 10.1. The molecule has 22 heavy (non-hydrogen) atoms. The number of primary sulfonamides is 1. The number of carbonyl (C=O) groups is 1. The van der Waals surface area contributed by atoms with E-state index in [0.717, 1.165) is 0 Å². The third kappa shape index (κ3) is 3.33. The van der Waals surface area contributed by atoms with Crippen molar-refractivity contribution in [3.63, 3.8) is 0 Å². The van der Waals surface area contributed by atoms with Crippen molar-refractivity contribution in [2.75, 3.05) is 32.1 Å². The maximum atomic E-state index is 12.5. The van der Waals surface area contributed by atoms with Gasteiger partial charge < -0.3 is 14.4 Å². The Labute approximate surface area is 129 Å². The molecule has 0 aliphatic carbocycles. The van der Waals surface area contributed by atoms with Crippen LogP contribution in [0.1, 0.15) is 16.8 Å². The van der Waals surface area contributed by atoms with Crippen molar-refractivity contribution in [3.05, 3.63) is 23.8 Å². The molecule has 1 fully saturated rings. The number of nitrogens with two attached hydrogens (primary N) is 1. The molecule has 1 aromatic rings. The van der Waals surface area contributed by atoms with E-state index in [0.29, 0.717) is 49.8 Å². The van der Waals surface area contributed by atoms with Gasteiger partial charge in [0.2, 0.25) is 10.0 Å². The van der Waals surface area contributed by atoms with Crippen LogP contribution in [0.25, 0.3) is 0 Å². The molecule has 0 saturated carbocycles. The number of hydrogen-bond donors (Lipinski definition) is 1. The van der Waals surface area contributed by atoms with Gasteiger partial charge >= 0.3 is 0 Å². The second kappa shape index (κ2) is 5.77. The Kier molecular flexibility index (Phi) is 3.96. The van der Waals surface area contributed by atoms with Gasteiger partial charge in [-0.15, -0.1) is 0 Å². The number of ether oxygens (including phenoxy) is 2. The standard InChI is InChI=1S/C14H18N2O5S/c15-22(18,19)9-10-3-4-16(8-10)14(17)11-1-2-12-13(7-11)21-6-5-20-12/h1-2,7,10H,3-6,8-9H2,(H2,15,18,19)/t10-/m1/s1. The first-order valence-corrected chi connectivity index (χ1v) is 8.83. The molecule has 0 unspecified atom stereocenters. The van der Waals surface area contributed by atoms with E-state index in [-0.39, 0.29) is 17.6 Å². The predicted molar refractivity (Wildman–Crippen MR) is 79.4 cm³/mol. The zero-order valence-electron chi connectivity index (χ0n) is 12.0. The van der Waals surface area contributed by atoms with Crippen molar-refractivity contribution in [2.45, 2.75) is 6.42 Å². The quantitative estimate of drug-likeness (QED) is 0.856. The SMILES string of the molecule is NS(=O)(=O)C[C@@H]1CCN(C(=O)c2ccc3c(c2)OCCO3)C1. The molecule has 0 bridgehead atoms. The van der Waals surface area contributed by atoms with E-state index < -0.39 is 10.0 Å². The Balaban J connectivity index is 1.70. The zero-order chi connectivity index (χ0) is 15.7. The molecule has 2 aliphatic rings. The first-order valence-electron chi connectivity index (χ1n) is 7.12. The molecule has 0 radical (unpaired) electrons. The lowest BCUT2D eigenvalue weighted by Crippen LogP contribution is -2.31. The number of hydrogen-bond acceptors (Lipinski definition) is 5. The molecule has 120 valence electrons. The van der Waals surface area contributed by atoms with Gasteiger partial charge in [-0.2, -0.15) is 0 Å². The van der Waals surface area contributed by atoms with Gasteiger partial charge in [0.05, 0.1) is 5.75 Å². The first kappa shape index (κ1) is 15.1. The number of sulfonamides is 1. The monoisotopic (exact) mass is 326 g/mol. The van der Waals surface area contributed by atoms with Crippen LogP contribution in [0.2, 0.25) is 0 Å². The van der Waals surface area contributed by atoms with Crippen molar-refractivity contribution in [1.29, 1.82) is 0 Å². The van der Waals surface area contributed by atoms with Gasteiger partial charge in [0.15, 0.2) is 11.5 Å². The lowest BCUT2D eigenvalue weighted by molar-refractivity contribution is 0.0787. The van der Waals surface area contributed by atoms with Crippen LogP contribution in [0.4, 0.5) is 0 Å². The molecule has 2 N–H and O–H groups in total.